The van der Waals surface area contributed by atoms with Crippen molar-refractivity contribution in [3.8, 4) is 0 Å². The number of nitrogens with one attached hydrogen (secondary N) is 1. The number of anilines is 4. The number of nitrogens with zero attached hydrogens (tertiary/aromatic N) is 3. The Morgan fingerprint density at radius 2 is 1.86 bits per heavy atom. The van der Waals surface area contributed by atoms with Crippen molar-refractivity contribution in [1.29, 1.82) is 0 Å². The van der Waals surface area contributed by atoms with Crippen LogP contribution in [-0.4, -0.2) is 23.1 Å². The largest absolute Gasteiger partial charge is 0.383 e. The summed E-state index contributed by atoms with van der Waals surface area (Å²) >= 11 is 0. The molecule has 3 N–H and O–H groups in total. The molecule has 3 rings (SSSR count). The van der Waals surface area contributed by atoms with Crippen molar-refractivity contribution in [2.24, 2.45) is 0 Å². The summed E-state index contributed by atoms with van der Waals surface area (Å²) in [6, 6.07) is 8.49. The monoisotopic (exact) mass is 283 g/mol. The second-order valence-electron chi connectivity index (χ2n) is 5.31. The van der Waals surface area contributed by atoms with Crippen LogP contribution in [0.15, 0.2) is 30.6 Å². The molecule has 0 atom stereocenters. The zero-order chi connectivity index (χ0) is 14.7. The third-order valence-corrected chi connectivity index (χ3v) is 3.93. The minimum atomic E-state index is 0.545. The van der Waals surface area contributed by atoms with Gasteiger partial charge in [-0.3, -0.25) is 0 Å². The molecule has 1 saturated heterocycles. The molecule has 1 aliphatic rings. The highest BCUT2D eigenvalue weighted by Gasteiger charge is 2.12. The molecule has 0 bridgehead atoms. The molecule has 0 unspecified atom stereocenters. The normalized spacial score (nSPS) is 14.4. The Kier molecular flexibility index (Phi) is 3.90. The maximum Gasteiger partial charge on any atom is 0.139 e. The summed E-state index contributed by atoms with van der Waals surface area (Å²) in [5.74, 6) is 1.34. The van der Waals surface area contributed by atoms with Gasteiger partial charge in [0, 0.05) is 30.0 Å². The van der Waals surface area contributed by atoms with E-state index in [1.807, 2.05) is 0 Å². The van der Waals surface area contributed by atoms with Crippen molar-refractivity contribution in [1.82, 2.24) is 9.97 Å². The van der Waals surface area contributed by atoms with Gasteiger partial charge in [-0.2, -0.15) is 0 Å². The van der Waals surface area contributed by atoms with Crippen molar-refractivity contribution < 1.29 is 0 Å². The van der Waals surface area contributed by atoms with Gasteiger partial charge in [-0.25, -0.2) is 9.97 Å². The molecule has 1 aromatic carbocycles. The van der Waals surface area contributed by atoms with Crippen LogP contribution >= 0.6 is 0 Å². The van der Waals surface area contributed by atoms with Gasteiger partial charge < -0.3 is 16.0 Å². The molecule has 0 radical (unpaired) electrons. The topological polar surface area (TPSA) is 67.1 Å². The predicted octanol–water partition coefficient (Wildman–Crippen LogP) is 2.97. The fourth-order valence-electron chi connectivity index (χ4n) is 2.75. The summed E-state index contributed by atoms with van der Waals surface area (Å²) in [6.45, 7) is 4.38. The van der Waals surface area contributed by atoms with Gasteiger partial charge in [0.25, 0.3) is 0 Å². The van der Waals surface area contributed by atoms with Crippen LogP contribution in [0.5, 0.6) is 0 Å². The first-order valence-corrected chi connectivity index (χ1v) is 7.49. The van der Waals surface area contributed by atoms with E-state index >= 15 is 0 Å². The Hall–Kier alpha value is -2.30. The van der Waals surface area contributed by atoms with Crippen LogP contribution in [0, 0.1) is 0 Å². The van der Waals surface area contributed by atoms with Gasteiger partial charge in [0.2, 0.25) is 0 Å². The highest BCUT2D eigenvalue weighted by atomic mass is 15.1. The van der Waals surface area contributed by atoms with Crippen molar-refractivity contribution in [3.63, 3.8) is 0 Å². The van der Waals surface area contributed by atoms with Gasteiger partial charge >= 0.3 is 0 Å². The third kappa shape index (κ3) is 2.91. The molecule has 5 nitrogen and oxygen atoms in total. The van der Waals surface area contributed by atoms with Gasteiger partial charge in [0.05, 0.1) is 0 Å². The van der Waals surface area contributed by atoms with Crippen molar-refractivity contribution in [2.75, 3.05) is 29.0 Å². The number of nitrogens with two attached hydrogens (primary N) is 1. The molecule has 110 valence electrons. The second kappa shape index (κ2) is 5.99. The third-order valence-electron chi connectivity index (χ3n) is 3.93. The molecule has 2 aromatic rings. The Morgan fingerprint density at radius 1 is 1.14 bits per heavy atom. The zero-order valence-corrected chi connectivity index (χ0v) is 12.3. The lowest BCUT2D eigenvalue weighted by Gasteiger charge is -2.18. The highest BCUT2D eigenvalue weighted by molar-refractivity contribution is 5.65. The smallest absolute Gasteiger partial charge is 0.139 e. The van der Waals surface area contributed by atoms with Crippen molar-refractivity contribution >= 4 is 23.0 Å². The first kappa shape index (κ1) is 13.7. The van der Waals surface area contributed by atoms with Crippen molar-refractivity contribution in [2.45, 2.75) is 26.2 Å². The molecule has 5 heteroatoms. The van der Waals surface area contributed by atoms with E-state index in [1.54, 1.807) is 0 Å². The van der Waals surface area contributed by atoms with Crippen LogP contribution in [0.4, 0.5) is 23.0 Å². The highest BCUT2D eigenvalue weighted by Crippen LogP contribution is 2.25. The van der Waals surface area contributed by atoms with Crippen LogP contribution in [0.2, 0.25) is 0 Å². The second-order valence-corrected chi connectivity index (χ2v) is 5.31. The first-order chi connectivity index (χ1) is 10.3. The van der Waals surface area contributed by atoms with E-state index in [0.717, 1.165) is 36.6 Å². The van der Waals surface area contributed by atoms with Gasteiger partial charge in [-0.15, -0.1) is 0 Å². The molecular weight excluding hydrogens is 262 g/mol. The lowest BCUT2D eigenvalue weighted by atomic mass is 10.2. The van der Waals surface area contributed by atoms with Crippen LogP contribution in [0.3, 0.4) is 0 Å². The fourth-order valence-corrected chi connectivity index (χ4v) is 2.75. The van der Waals surface area contributed by atoms with Crippen LogP contribution in [-0.2, 0) is 6.42 Å². The number of rotatable bonds is 4. The lowest BCUT2D eigenvalue weighted by Crippen LogP contribution is -2.17. The maximum absolute atomic E-state index is 5.89. The molecule has 21 heavy (non-hydrogen) atoms. The average Bonchev–Trinajstić information content (AvgIpc) is 3.03. The van der Waals surface area contributed by atoms with Crippen LogP contribution < -0.4 is 16.0 Å². The number of hydrogen-bond donors (Lipinski definition) is 2. The van der Waals surface area contributed by atoms with E-state index < -0.39 is 0 Å². The fraction of sp³-hybridized carbons (Fsp3) is 0.375. The number of nitrogen functional groups attached to an aromatic ring is 1. The van der Waals surface area contributed by atoms with E-state index in [2.05, 4.69) is 51.4 Å². The summed E-state index contributed by atoms with van der Waals surface area (Å²) in [4.78, 5) is 10.8. The summed E-state index contributed by atoms with van der Waals surface area (Å²) in [5.41, 5.74) is 9.16. The molecule has 0 amide bonds. The van der Waals surface area contributed by atoms with Gasteiger partial charge in [0.1, 0.15) is 18.0 Å². The molecule has 0 saturated carbocycles. The summed E-state index contributed by atoms with van der Waals surface area (Å²) in [5, 5.41) is 3.33. The van der Waals surface area contributed by atoms with E-state index in [4.69, 9.17) is 5.73 Å². The standard InChI is InChI=1S/C16H21N5/c1-2-14-15(17)18-11-19-16(14)20-12-5-7-13(8-6-12)21-9-3-4-10-21/h5-8,11H,2-4,9-10H2,1H3,(H3,17,18,19,20). The summed E-state index contributed by atoms with van der Waals surface area (Å²) < 4.78 is 0. The van der Waals surface area contributed by atoms with Crippen molar-refractivity contribution in [3.05, 3.63) is 36.2 Å². The van der Waals surface area contributed by atoms with Crippen LogP contribution in [0.25, 0.3) is 0 Å². The number of aromatic nitrogens is 2. The lowest BCUT2D eigenvalue weighted by molar-refractivity contribution is 0.949. The molecule has 0 spiro atoms. The van der Waals surface area contributed by atoms with E-state index in [9.17, 15) is 0 Å². The predicted molar refractivity (Wildman–Crippen MR) is 87.0 cm³/mol. The Bertz CT molecular complexity index is 603. The van der Waals surface area contributed by atoms with E-state index in [1.165, 1.54) is 24.9 Å². The molecule has 1 aliphatic heterocycles. The Balaban J connectivity index is 1.77. The maximum atomic E-state index is 5.89. The molecule has 0 aliphatic carbocycles. The average molecular weight is 283 g/mol. The van der Waals surface area contributed by atoms with Gasteiger partial charge in [-0.1, -0.05) is 6.92 Å². The SMILES string of the molecule is CCc1c(N)ncnc1Nc1ccc(N2CCCC2)cc1. The summed E-state index contributed by atoms with van der Waals surface area (Å²) in [7, 11) is 0. The zero-order valence-electron chi connectivity index (χ0n) is 12.3. The molecule has 1 aromatic heterocycles. The van der Waals surface area contributed by atoms with E-state index in [-0.39, 0.29) is 0 Å². The van der Waals surface area contributed by atoms with E-state index in [0.29, 0.717) is 5.82 Å². The molecule has 1 fully saturated rings. The Labute approximate surface area is 125 Å². The molecule has 2 heterocycles. The van der Waals surface area contributed by atoms with Gasteiger partial charge in [-0.05, 0) is 43.5 Å². The molecular formula is C16H21N5. The number of hydrogen-bond acceptors (Lipinski definition) is 5. The number of benzene rings is 1. The van der Waals surface area contributed by atoms with Crippen LogP contribution in [0.1, 0.15) is 25.3 Å². The van der Waals surface area contributed by atoms with Gasteiger partial charge in [0.15, 0.2) is 0 Å². The quantitative estimate of drug-likeness (QED) is 0.903. The summed E-state index contributed by atoms with van der Waals surface area (Å²) in [6.07, 6.45) is 4.89. The first-order valence-electron chi connectivity index (χ1n) is 7.49. The Morgan fingerprint density at radius 3 is 2.52 bits per heavy atom. The minimum absolute atomic E-state index is 0.545. The minimum Gasteiger partial charge on any atom is -0.383 e.